The van der Waals surface area contributed by atoms with Gasteiger partial charge in [0.05, 0.1) is 5.69 Å². The molecule has 0 fully saturated rings. The standard InChI is InChI=1S/C19H12ClNO/c20-14-6-8-15(9-7-14)21-12-13-5-10-19-17(11-13)16-3-1-2-4-18(16)22-19/h1-12H. The van der Waals surface area contributed by atoms with Gasteiger partial charge in [-0.05, 0) is 54.1 Å². The van der Waals surface area contributed by atoms with Gasteiger partial charge in [-0.25, -0.2) is 0 Å². The third-order valence-electron chi connectivity index (χ3n) is 3.59. The van der Waals surface area contributed by atoms with Crippen molar-refractivity contribution in [2.24, 2.45) is 4.99 Å². The smallest absolute Gasteiger partial charge is 0.135 e. The monoisotopic (exact) mass is 305 g/mol. The average molecular weight is 306 g/mol. The number of hydrogen-bond donors (Lipinski definition) is 0. The van der Waals surface area contributed by atoms with Gasteiger partial charge in [0.1, 0.15) is 11.2 Å². The van der Waals surface area contributed by atoms with E-state index in [0.717, 1.165) is 33.2 Å². The Hall–Kier alpha value is -2.58. The summed E-state index contributed by atoms with van der Waals surface area (Å²) >= 11 is 5.87. The predicted octanol–water partition coefficient (Wildman–Crippen LogP) is 5.99. The molecule has 0 aliphatic rings. The lowest BCUT2D eigenvalue weighted by Gasteiger charge is -1.96. The predicted molar refractivity (Wildman–Crippen MR) is 92.4 cm³/mol. The molecule has 1 heterocycles. The van der Waals surface area contributed by atoms with Crippen molar-refractivity contribution in [2.45, 2.75) is 0 Å². The molecule has 106 valence electrons. The van der Waals surface area contributed by atoms with E-state index in [9.17, 15) is 0 Å². The Labute approximate surface area is 132 Å². The van der Waals surface area contributed by atoms with Gasteiger partial charge in [0.2, 0.25) is 0 Å². The van der Waals surface area contributed by atoms with Gasteiger partial charge in [-0.1, -0.05) is 29.8 Å². The number of para-hydroxylation sites is 1. The van der Waals surface area contributed by atoms with E-state index in [1.165, 1.54) is 0 Å². The first-order chi connectivity index (χ1) is 10.8. The van der Waals surface area contributed by atoms with Gasteiger partial charge in [0.15, 0.2) is 0 Å². The van der Waals surface area contributed by atoms with E-state index in [2.05, 4.69) is 17.1 Å². The van der Waals surface area contributed by atoms with Crippen molar-refractivity contribution in [3.05, 3.63) is 77.3 Å². The average Bonchev–Trinajstić information content (AvgIpc) is 2.92. The van der Waals surface area contributed by atoms with Crippen LogP contribution in [-0.2, 0) is 0 Å². The summed E-state index contributed by atoms with van der Waals surface area (Å²) in [4.78, 5) is 4.47. The topological polar surface area (TPSA) is 25.5 Å². The Morgan fingerprint density at radius 1 is 0.818 bits per heavy atom. The van der Waals surface area contributed by atoms with E-state index in [0.29, 0.717) is 5.02 Å². The highest BCUT2D eigenvalue weighted by Gasteiger charge is 2.05. The van der Waals surface area contributed by atoms with Crippen LogP contribution in [0.1, 0.15) is 5.56 Å². The molecular weight excluding hydrogens is 294 g/mol. The van der Waals surface area contributed by atoms with Crippen molar-refractivity contribution in [1.29, 1.82) is 0 Å². The van der Waals surface area contributed by atoms with Crippen molar-refractivity contribution >= 4 is 45.4 Å². The van der Waals surface area contributed by atoms with Crippen LogP contribution >= 0.6 is 11.6 Å². The molecule has 0 N–H and O–H groups in total. The largest absolute Gasteiger partial charge is 0.456 e. The maximum Gasteiger partial charge on any atom is 0.135 e. The fourth-order valence-electron chi connectivity index (χ4n) is 2.50. The normalized spacial score (nSPS) is 11.7. The highest BCUT2D eigenvalue weighted by molar-refractivity contribution is 6.30. The molecule has 3 aromatic carbocycles. The second-order valence-corrected chi connectivity index (χ2v) is 5.52. The molecule has 0 spiro atoms. The summed E-state index contributed by atoms with van der Waals surface area (Å²) in [5, 5.41) is 2.94. The van der Waals surface area contributed by atoms with Crippen molar-refractivity contribution < 1.29 is 4.42 Å². The lowest BCUT2D eigenvalue weighted by molar-refractivity contribution is 0.669. The van der Waals surface area contributed by atoms with Gasteiger partial charge in [-0.2, -0.15) is 0 Å². The maximum atomic E-state index is 5.87. The SMILES string of the molecule is Clc1ccc(N=Cc2ccc3oc4ccccc4c3c2)cc1. The highest BCUT2D eigenvalue weighted by Crippen LogP contribution is 2.29. The van der Waals surface area contributed by atoms with Crippen LogP contribution < -0.4 is 0 Å². The van der Waals surface area contributed by atoms with Crippen LogP contribution in [0.5, 0.6) is 0 Å². The van der Waals surface area contributed by atoms with Gasteiger partial charge < -0.3 is 4.42 Å². The molecule has 0 saturated carbocycles. The fraction of sp³-hybridized carbons (Fsp3) is 0. The Kier molecular flexibility index (Phi) is 3.17. The van der Waals surface area contributed by atoms with E-state index in [1.54, 1.807) is 0 Å². The molecular formula is C19H12ClNO. The van der Waals surface area contributed by atoms with Crippen molar-refractivity contribution in [2.75, 3.05) is 0 Å². The van der Waals surface area contributed by atoms with Crippen LogP contribution in [0.15, 0.2) is 76.1 Å². The molecule has 0 aliphatic heterocycles. The van der Waals surface area contributed by atoms with Crippen LogP contribution in [0.25, 0.3) is 21.9 Å². The summed E-state index contributed by atoms with van der Waals surface area (Å²) in [6.45, 7) is 0. The Morgan fingerprint density at radius 3 is 2.45 bits per heavy atom. The molecule has 0 bridgehead atoms. The van der Waals surface area contributed by atoms with Gasteiger partial charge in [-0.15, -0.1) is 0 Å². The molecule has 0 saturated heterocycles. The molecule has 0 amide bonds. The number of rotatable bonds is 2. The second-order valence-electron chi connectivity index (χ2n) is 5.09. The summed E-state index contributed by atoms with van der Waals surface area (Å²) in [6, 6.07) is 21.6. The first-order valence-corrected chi connectivity index (χ1v) is 7.38. The van der Waals surface area contributed by atoms with Crippen LogP contribution in [0.4, 0.5) is 5.69 Å². The lowest BCUT2D eigenvalue weighted by Crippen LogP contribution is -1.79. The van der Waals surface area contributed by atoms with Crippen LogP contribution in [0.2, 0.25) is 5.02 Å². The highest BCUT2D eigenvalue weighted by atomic mass is 35.5. The zero-order chi connectivity index (χ0) is 14.9. The summed E-state index contributed by atoms with van der Waals surface area (Å²) in [7, 11) is 0. The molecule has 22 heavy (non-hydrogen) atoms. The van der Waals surface area contributed by atoms with Gasteiger partial charge >= 0.3 is 0 Å². The molecule has 0 atom stereocenters. The molecule has 0 aliphatic carbocycles. The third-order valence-corrected chi connectivity index (χ3v) is 3.84. The van der Waals surface area contributed by atoms with Crippen LogP contribution in [0.3, 0.4) is 0 Å². The fourth-order valence-corrected chi connectivity index (χ4v) is 2.63. The molecule has 0 radical (unpaired) electrons. The molecule has 3 heteroatoms. The number of nitrogens with zero attached hydrogens (tertiary/aromatic N) is 1. The van der Waals surface area contributed by atoms with Crippen molar-refractivity contribution in [3.8, 4) is 0 Å². The minimum atomic E-state index is 0.713. The molecule has 1 aromatic heterocycles. The van der Waals surface area contributed by atoms with Crippen molar-refractivity contribution in [3.63, 3.8) is 0 Å². The minimum Gasteiger partial charge on any atom is -0.456 e. The minimum absolute atomic E-state index is 0.713. The summed E-state index contributed by atoms with van der Waals surface area (Å²) < 4.78 is 5.82. The Bertz CT molecular complexity index is 983. The van der Waals surface area contributed by atoms with Gasteiger partial charge in [-0.3, -0.25) is 4.99 Å². The number of aliphatic imine (C=N–C) groups is 1. The molecule has 4 aromatic rings. The van der Waals surface area contributed by atoms with E-state index in [4.69, 9.17) is 16.0 Å². The van der Waals surface area contributed by atoms with Crippen LogP contribution in [0, 0.1) is 0 Å². The molecule has 4 rings (SSSR count). The first kappa shape index (κ1) is 13.1. The summed E-state index contributed by atoms with van der Waals surface area (Å²) in [5.41, 5.74) is 3.71. The zero-order valence-electron chi connectivity index (χ0n) is 11.7. The zero-order valence-corrected chi connectivity index (χ0v) is 12.4. The third kappa shape index (κ3) is 2.38. The number of benzene rings is 3. The second kappa shape index (κ2) is 5.32. The Balaban J connectivity index is 1.75. The quantitative estimate of drug-likeness (QED) is 0.418. The number of furan rings is 1. The number of halogens is 1. The van der Waals surface area contributed by atoms with Crippen molar-refractivity contribution in [1.82, 2.24) is 0 Å². The van der Waals surface area contributed by atoms with E-state index < -0.39 is 0 Å². The number of hydrogen-bond acceptors (Lipinski definition) is 2. The van der Waals surface area contributed by atoms with Gasteiger partial charge in [0, 0.05) is 22.0 Å². The Morgan fingerprint density at radius 2 is 1.59 bits per heavy atom. The van der Waals surface area contributed by atoms with E-state index in [-0.39, 0.29) is 0 Å². The molecule has 0 unspecified atom stereocenters. The number of fused-ring (bicyclic) bond motifs is 3. The molecule has 2 nitrogen and oxygen atoms in total. The lowest BCUT2D eigenvalue weighted by atomic mass is 10.1. The van der Waals surface area contributed by atoms with Gasteiger partial charge in [0.25, 0.3) is 0 Å². The summed E-state index contributed by atoms with van der Waals surface area (Å²) in [5.74, 6) is 0. The van der Waals surface area contributed by atoms with E-state index in [1.807, 2.05) is 60.8 Å². The first-order valence-electron chi connectivity index (χ1n) is 7.00. The maximum absolute atomic E-state index is 5.87. The van der Waals surface area contributed by atoms with Crippen LogP contribution in [-0.4, -0.2) is 6.21 Å². The summed E-state index contributed by atoms with van der Waals surface area (Å²) in [6.07, 6.45) is 1.85. The van der Waals surface area contributed by atoms with E-state index >= 15 is 0 Å².